The lowest BCUT2D eigenvalue weighted by molar-refractivity contribution is 0.0340. The van der Waals surface area contributed by atoms with Gasteiger partial charge >= 0.3 is 5.97 Å². The fourth-order valence-corrected chi connectivity index (χ4v) is 6.02. The van der Waals surface area contributed by atoms with Gasteiger partial charge in [0.1, 0.15) is 11.9 Å². The second-order valence-electron chi connectivity index (χ2n) is 8.75. The Bertz CT molecular complexity index is 1310. The Labute approximate surface area is 185 Å². The van der Waals surface area contributed by atoms with Crippen molar-refractivity contribution in [3.8, 4) is 0 Å². The van der Waals surface area contributed by atoms with Crippen LogP contribution in [0, 0.1) is 12.7 Å². The maximum absolute atomic E-state index is 13.2. The molecule has 9 heteroatoms. The summed E-state index contributed by atoms with van der Waals surface area (Å²) in [6.07, 6.45) is 1.93. The molecule has 5 rings (SSSR count). The summed E-state index contributed by atoms with van der Waals surface area (Å²) >= 11 is 0. The van der Waals surface area contributed by atoms with Gasteiger partial charge in [0, 0.05) is 11.6 Å². The van der Waals surface area contributed by atoms with Gasteiger partial charge in [-0.25, -0.2) is 27.3 Å². The first-order valence-corrected chi connectivity index (χ1v) is 12.6. The zero-order valence-electron chi connectivity index (χ0n) is 17.9. The second kappa shape index (κ2) is 7.65. The molecule has 0 amide bonds. The van der Waals surface area contributed by atoms with E-state index in [0.717, 1.165) is 18.5 Å². The molecule has 1 aliphatic carbocycles. The lowest BCUT2D eigenvalue weighted by atomic mass is 10.1. The number of rotatable bonds is 5. The lowest BCUT2D eigenvalue weighted by Crippen LogP contribution is -2.14. The van der Waals surface area contributed by atoms with Gasteiger partial charge < -0.3 is 4.74 Å². The molecule has 1 saturated carbocycles. The molecule has 2 fully saturated rings. The Morgan fingerprint density at radius 2 is 1.94 bits per heavy atom. The summed E-state index contributed by atoms with van der Waals surface area (Å²) in [5, 5.41) is 5.18. The molecule has 0 bridgehead atoms. The number of halogens is 1. The lowest BCUT2D eigenvalue weighted by Gasteiger charge is -2.15. The topological polar surface area (TPSA) is 91.1 Å². The highest BCUT2D eigenvalue weighted by Crippen LogP contribution is 2.41. The minimum atomic E-state index is -3.10. The Hall–Kier alpha value is -2.81. The number of pyridine rings is 1. The van der Waals surface area contributed by atoms with Crippen molar-refractivity contribution in [2.24, 2.45) is 0 Å². The summed E-state index contributed by atoms with van der Waals surface area (Å²) in [6, 6.07) is 7.34. The fraction of sp³-hybridized carbons (Fsp3) is 0.435. The third-order valence-corrected chi connectivity index (χ3v) is 8.00. The van der Waals surface area contributed by atoms with Crippen LogP contribution in [0.5, 0.6) is 0 Å². The van der Waals surface area contributed by atoms with Crippen LogP contribution in [-0.2, 0) is 14.6 Å². The van der Waals surface area contributed by atoms with Crippen molar-refractivity contribution >= 4 is 26.8 Å². The number of nitrogens with zero attached hydrogens (tertiary/aromatic N) is 3. The summed E-state index contributed by atoms with van der Waals surface area (Å²) in [7, 11) is -3.10. The van der Waals surface area contributed by atoms with Crippen LogP contribution >= 0.6 is 0 Å². The van der Waals surface area contributed by atoms with Gasteiger partial charge in [-0.2, -0.15) is 5.10 Å². The van der Waals surface area contributed by atoms with E-state index < -0.39 is 21.9 Å². The molecule has 2 aromatic heterocycles. The number of esters is 1. The first-order valence-electron chi connectivity index (χ1n) is 10.8. The molecule has 0 spiro atoms. The molecule has 1 saturated heterocycles. The maximum Gasteiger partial charge on any atom is 0.339 e. The third kappa shape index (κ3) is 3.90. The number of carbonyl (C=O) groups is 1. The SMILES string of the molecule is Cc1nn(C2CCS(=O)(=O)C2)c2nc(C3CC3)cc(C(=O)OC(C)c3ccc(F)cc3)c12. The Kier molecular flexibility index (Phi) is 5.03. The number of sulfone groups is 1. The monoisotopic (exact) mass is 457 g/mol. The first-order chi connectivity index (χ1) is 15.2. The molecule has 2 unspecified atom stereocenters. The van der Waals surface area contributed by atoms with E-state index in [2.05, 4.69) is 5.10 Å². The number of aryl methyl sites for hydroxylation is 1. The van der Waals surface area contributed by atoms with Gasteiger partial charge in [-0.3, -0.25) is 0 Å². The second-order valence-corrected chi connectivity index (χ2v) is 11.0. The minimum absolute atomic E-state index is 0.0277. The molecular weight excluding hydrogens is 433 g/mol. The molecule has 3 aromatic rings. The fourth-order valence-electron chi connectivity index (χ4n) is 4.33. The maximum atomic E-state index is 13.2. The van der Waals surface area contributed by atoms with Crippen molar-refractivity contribution in [2.75, 3.05) is 11.5 Å². The highest BCUT2D eigenvalue weighted by atomic mass is 32.2. The molecule has 2 aliphatic rings. The summed E-state index contributed by atoms with van der Waals surface area (Å²) in [4.78, 5) is 18.0. The van der Waals surface area contributed by atoms with E-state index in [-0.39, 0.29) is 29.3 Å². The van der Waals surface area contributed by atoms with Crippen LogP contribution < -0.4 is 0 Å². The average Bonchev–Trinajstić information content (AvgIpc) is 3.47. The van der Waals surface area contributed by atoms with Crippen molar-refractivity contribution in [1.82, 2.24) is 14.8 Å². The number of hydrogen-bond donors (Lipinski definition) is 0. The number of hydrogen-bond acceptors (Lipinski definition) is 6. The molecular formula is C23H24FN3O4S. The van der Waals surface area contributed by atoms with Crippen molar-refractivity contribution in [3.63, 3.8) is 0 Å². The molecule has 1 aromatic carbocycles. The van der Waals surface area contributed by atoms with E-state index in [4.69, 9.17) is 9.72 Å². The molecule has 1 aliphatic heterocycles. The summed E-state index contributed by atoms with van der Waals surface area (Å²) < 4.78 is 44.7. The summed E-state index contributed by atoms with van der Waals surface area (Å²) in [5.74, 6) is -0.409. The molecule has 7 nitrogen and oxygen atoms in total. The standard InChI is InChI=1S/C23H24FN3O4S/c1-13-21-19(23(28)31-14(2)15-5-7-17(24)8-6-15)11-20(16-3-4-16)25-22(21)27(26-13)18-9-10-32(29,30)12-18/h5-8,11,14,16,18H,3-4,9-10,12H2,1-2H3. The van der Waals surface area contributed by atoms with E-state index in [0.29, 0.717) is 34.3 Å². The van der Waals surface area contributed by atoms with Crippen LogP contribution in [0.25, 0.3) is 11.0 Å². The van der Waals surface area contributed by atoms with Crippen LogP contribution in [0.4, 0.5) is 4.39 Å². The largest absolute Gasteiger partial charge is 0.454 e. The Morgan fingerprint density at radius 1 is 1.22 bits per heavy atom. The predicted octanol–water partition coefficient (Wildman–Crippen LogP) is 4.03. The van der Waals surface area contributed by atoms with Crippen molar-refractivity contribution < 1.29 is 22.3 Å². The minimum Gasteiger partial charge on any atom is -0.454 e. The Balaban J connectivity index is 1.54. The van der Waals surface area contributed by atoms with Gasteiger partial charge in [-0.1, -0.05) is 12.1 Å². The van der Waals surface area contributed by atoms with E-state index in [1.807, 2.05) is 0 Å². The van der Waals surface area contributed by atoms with E-state index in [1.54, 1.807) is 36.7 Å². The molecule has 0 radical (unpaired) electrons. The van der Waals surface area contributed by atoms with Crippen molar-refractivity contribution in [2.45, 2.75) is 51.2 Å². The predicted molar refractivity (Wildman–Crippen MR) is 117 cm³/mol. The van der Waals surface area contributed by atoms with Gasteiger partial charge in [0.2, 0.25) is 0 Å². The quantitative estimate of drug-likeness (QED) is 0.537. The zero-order valence-corrected chi connectivity index (χ0v) is 18.7. The van der Waals surface area contributed by atoms with Crippen molar-refractivity contribution in [1.29, 1.82) is 0 Å². The van der Waals surface area contributed by atoms with Gasteiger partial charge in [-0.15, -0.1) is 0 Å². The highest BCUT2D eigenvalue weighted by Gasteiger charge is 2.34. The zero-order chi connectivity index (χ0) is 22.6. The van der Waals surface area contributed by atoms with Gasteiger partial charge in [0.05, 0.1) is 34.2 Å². The van der Waals surface area contributed by atoms with Gasteiger partial charge in [0.25, 0.3) is 0 Å². The van der Waals surface area contributed by atoms with Crippen LogP contribution in [0.15, 0.2) is 30.3 Å². The van der Waals surface area contributed by atoms with Crippen LogP contribution in [0.2, 0.25) is 0 Å². The molecule has 32 heavy (non-hydrogen) atoms. The Morgan fingerprint density at radius 3 is 2.56 bits per heavy atom. The van der Waals surface area contributed by atoms with Gasteiger partial charge in [-0.05, 0) is 56.9 Å². The molecule has 3 heterocycles. The van der Waals surface area contributed by atoms with E-state index in [1.165, 1.54) is 12.1 Å². The van der Waals surface area contributed by atoms with Crippen LogP contribution in [0.3, 0.4) is 0 Å². The molecule has 168 valence electrons. The van der Waals surface area contributed by atoms with E-state index in [9.17, 15) is 17.6 Å². The first kappa shape index (κ1) is 21.1. The van der Waals surface area contributed by atoms with Gasteiger partial charge in [0.15, 0.2) is 15.5 Å². The summed E-state index contributed by atoms with van der Waals surface area (Å²) in [6.45, 7) is 3.53. The summed E-state index contributed by atoms with van der Waals surface area (Å²) in [5.41, 5.74) is 3.03. The molecule has 0 N–H and O–H groups in total. The number of aromatic nitrogens is 3. The van der Waals surface area contributed by atoms with Crippen LogP contribution in [-0.4, -0.2) is 40.7 Å². The molecule has 2 atom stereocenters. The van der Waals surface area contributed by atoms with E-state index >= 15 is 0 Å². The number of carbonyl (C=O) groups excluding carboxylic acids is 1. The number of fused-ring (bicyclic) bond motifs is 1. The van der Waals surface area contributed by atoms with Crippen LogP contribution in [0.1, 0.15) is 71.6 Å². The highest BCUT2D eigenvalue weighted by molar-refractivity contribution is 7.91. The van der Waals surface area contributed by atoms with Crippen molar-refractivity contribution in [3.05, 3.63) is 58.7 Å². The smallest absolute Gasteiger partial charge is 0.339 e. The number of ether oxygens (including phenoxy) is 1. The number of benzene rings is 1. The third-order valence-electron chi connectivity index (χ3n) is 6.25. The average molecular weight is 458 g/mol. The normalized spacial score (nSPS) is 21.0.